The number of sulfonamides is 1. The third kappa shape index (κ3) is 6.59. The van der Waals surface area contributed by atoms with Crippen LogP contribution in [0.25, 0.3) is 0 Å². The van der Waals surface area contributed by atoms with Crippen molar-refractivity contribution in [2.24, 2.45) is 0 Å². The largest absolute Gasteiger partial charge is 0.494 e. The summed E-state index contributed by atoms with van der Waals surface area (Å²) >= 11 is 5.55. The molecule has 1 aromatic carbocycles. The minimum absolute atomic E-state index is 0.162. The second-order valence-corrected chi connectivity index (χ2v) is 7.12. The van der Waals surface area contributed by atoms with E-state index in [4.69, 9.17) is 16.3 Å². The van der Waals surface area contributed by atoms with Crippen LogP contribution >= 0.6 is 11.6 Å². The molecule has 1 rings (SSSR count). The van der Waals surface area contributed by atoms with Crippen molar-refractivity contribution in [3.05, 3.63) is 30.3 Å². The van der Waals surface area contributed by atoms with Crippen LogP contribution in [-0.2, 0) is 10.0 Å². The van der Waals surface area contributed by atoms with Gasteiger partial charge in [-0.05, 0) is 31.4 Å². The van der Waals surface area contributed by atoms with Gasteiger partial charge in [-0.15, -0.1) is 11.6 Å². The molecule has 20 heavy (non-hydrogen) atoms. The molecule has 6 heteroatoms. The van der Waals surface area contributed by atoms with Crippen molar-refractivity contribution in [1.82, 2.24) is 4.31 Å². The molecule has 0 heterocycles. The maximum absolute atomic E-state index is 11.9. The Morgan fingerprint density at radius 1 is 1.15 bits per heavy atom. The Bertz CT molecular complexity index is 465. The Hall–Kier alpha value is -0.780. The van der Waals surface area contributed by atoms with E-state index < -0.39 is 10.0 Å². The van der Waals surface area contributed by atoms with E-state index >= 15 is 0 Å². The summed E-state index contributed by atoms with van der Waals surface area (Å²) in [6.07, 6.45) is 2.00. The number of para-hydroxylation sites is 1. The van der Waals surface area contributed by atoms with Gasteiger partial charge in [-0.2, -0.15) is 0 Å². The van der Waals surface area contributed by atoms with Crippen LogP contribution in [0.2, 0.25) is 0 Å². The number of ether oxygens (including phenoxy) is 1. The lowest BCUT2D eigenvalue weighted by Gasteiger charge is -2.17. The highest BCUT2D eigenvalue weighted by Gasteiger charge is 2.16. The van der Waals surface area contributed by atoms with Gasteiger partial charge in [0.15, 0.2) is 0 Å². The topological polar surface area (TPSA) is 46.6 Å². The van der Waals surface area contributed by atoms with Crippen LogP contribution in [0.3, 0.4) is 0 Å². The molecule has 0 bridgehead atoms. The number of rotatable bonds is 10. The summed E-state index contributed by atoms with van der Waals surface area (Å²) in [6.45, 7) is 0.974. The fourth-order valence-corrected chi connectivity index (χ4v) is 3.14. The number of halogens is 1. The smallest absolute Gasteiger partial charge is 0.213 e. The normalized spacial score (nSPS) is 11.8. The molecule has 0 aliphatic heterocycles. The molecular formula is C14H22ClNO3S. The van der Waals surface area contributed by atoms with Crippen LogP contribution in [0.1, 0.15) is 19.3 Å². The summed E-state index contributed by atoms with van der Waals surface area (Å²) in [5.41, 5.74) is 0. The maximum Gasteiger partial charge on any atom is 0.213 e. The van der Waals surface area contributed by atoms with Crippen molar-refractivity contribution in [2.45, 2.75) is 19.3 Å². The predicted octanol–water partition coefficient (Wildman–Crippen LogP) is 2.74. The SMILES string of the molecule is CN(CCCOc1ccccc1)S(=O)(=O)CCCCCl. The number of alkyl halides is 1. The van der Waals surface area contributed by atoms with Gasteiger partial charge in [-0.1, -0.05) is 18.2 Å². The van der Waals surface area contributed by atoms with Gasteiger partial charge in [0.05, 0.1) is 12.4 Å². The Labute approximate surface area is 126 Å². The second-order valence-electron chi connectivity index (χ2n) is 4.55. The van der Waals surface area contributed by atoms with Crippen LogP contribution in [0, 0.1) is 0 Å². The van der Waals surface area contributed by atoms with Crippen LogP contribution in [0.15, 0.2) is 30.3 Å². The molecule has 0 radical (unpaired) electrons. The molecule has 114 valence electrons. The van der Waals surface area contributed by atoms with Gasteiger partial charge >= 0.3 is 0 Å². The summed E-state index contributed by atoms with van der Waals surface area (Å²) in [6, 6.07) is 9.50. The summed E-state index contributed by atoms with van der Waals surface area (Å²) in [5, 5.41) is 0. The quantitative estimate of drug-likeness (QED) is 0.492. The first-order valence-electron chi connectivity index (χ1n) is 6.74. The number of nitrogens with zero attached hydrogens (tertiary/aromatic N) is 1. The van der Waals surface area contributed by atoms with Crippen LogP contribution in [-0.4, -0.2) is 44.6 Å². The standard InChI is InChI=1S/C14H22ClNO3S/c1-16(20(17,18)13-6-5-10-15)11-7-12-19-14-8-3-2-4-9-14/h2-4,8-9H,5-7,10-13H2,1H3. The Balaban J connectivity index is 2.23. The van der Waals surface area contributed by atoms with Crippen molar-refractivity contribution in [3.63, 3.8) is 0 Å². The molecule has 0 atom stereocenters. The molecule has 0 spiro atoms. The zero-order chi connectivity index (χ0) is 14.8. The maximum atomic E-state index is 11.9. The molecule has 0 aromatic heterocycles. The van der Waals surface area contributed by atoms with Gasteiger partial charge in [0.25, 0.3) is 0 Å². The van der Waals surface area contributed by atoms with E-state index in [1.54, 1.807) is 7.05 Å². The van der Waals surface area contributed by atoms with E-state index in [-0.39, 0.29) is 5.75 Å². The number of unbranched alkanes of at least 4 members (excludes halogenated alkanes) is 1. The highest BCUT2D eigenvalue weighted by molar-refractivity contribution is 7.89. The van der Waals surface area contributed by atoms with Crippen molar-refractivity contribution in [3.8, 4) is 5.75 Å². The number of hydrogen-bond donors (Lipinski definition) is 0. The van der Waals surface area contributed by atoms with Crippen LogP contribution in [0.4, 0.5) is 0 Å². The van der Waals surface area contributed by atoms with Gasteiger partial charge < -0.3 is 4.74 Å². The Kier molecular flexibility index (Phi) is 7.95. The first-order valence-corrected chi connectivity index (χ1v) is 8.88. The van der Waals surface area contributed by atoms with Crippen molar-refractivity contribution in [2.75, 3.05) is 31.8 Å². The average Bonchev–Trinajstić information content (AvgIpc) is 2.44. The van der Waals surface area contributed by atoms with E-state index in [0.717, 1.165) is 12.2 Å². The second kappa shape index (κ2) is 9.21. The van der Waals surface area contributed by atoms with E-state index in [9.17, 15) is 8.42 Å². The van der Waals surface area contributed by atoms with Crippen LogP contribution in [0.5, 0.6) is 5.75 Å². The zero-order valence-corrected chi connectivity index (χ0v) is 13.4. The van der Waals surface area contributed by atoms with Gasteiger partial charge in [0, 0.05) is 19.5 Å². The van der Waals surface area contributed by atoms with Crippen molar-refractivity contribution in [1.29, 1.82) is 0 Å². The third-order valence-corrected chi connectivity index (χ3v) is 5.09. The monoisotopic (exact) mass is 319 g/mol. The number of hydrogen-bond acceptors (Lipinski definition) is 3. The Morgan fingerprint density at radius 2 is 1.85 bits per heavy atom. The van der Waals surface area contributed by atoms with E-state index in [0.29, 0.717) is 31.9 Å². The summed E-state index contributed by atoms with van der Waals surface area (Å²) in [5.74, 6) is 1.47. The molecular weight excluding hydrogens is 298 g/mol. The molecule has 4 nitrogen and oxygen atoms in total. The summed E-state index contributed by atoms with van der Waals surface area (Å²) in [7, 11) is -1.55. The van der Waals surface area contributed by atoms with E-state index in [1.807, 2.05) is 30.3 Å². The lowest BCUT2D eigenvalue weighted by Crippen LogP contribution is -2.31. The predicted molar refractivity (Wildman–Crippen MR) is 82.9 cm³/mol. The molecule has 0 saturated heterocycles. The molecule has 1 aromatic rings. The molecule has 0 saturated carbocycles. The fourth-order valence-electron chi connectivity index (χ4n) is 1.67. The lowest BCUT2D eigenvalue weighted by atomic mass is 10.3. The van der Waals surface area contributed by atoms with Gasteiger partial charge in [-0.25, -0.2) is 12.7 Å². The summed E-state index contributed by atoms with van der Waals surface area (Å²) < 4.78 is 30.8. The van der Waals surface area contributed by atoms with Gasteiger partial charge in [0.2, 0.25) is 10.0 Å². The molecule has 0 amide bonds. The minimum Gasteiger partial charge on any atom is -0.494 e. The van der Waals surface area contributed by atoms with E-state index in [1.165, 1.54) is 4.31 Å². The van der Waals surface area contributed by atoms with Gasteiger partial charge in [0.1, 0.15) is 5.75 Å². The van der Waals surface area contributed by atoms with Crippen molar-refractivity contribution < 1.29 is 13.2 Å². The van der Waals surface area contributed by atoms with Gasteiger partial charge in [-0.3, -0.25) is 0 Å². The number of benzene rings is 1. The zero-order valence-electron chi connectivity index (χ0n) is 11.8. The minimum atomic E-state index is -3.16. The first-order chi connectivity index (χ1) is 9.56. The lowest BCUT2D eigenvalue weighted by molar-refractivity contribution is 0.296. The van der Waals surface area contributed by atoms with Crippen LogP contribution < -0.4 is 4.74 Å². The molecule has 0 fully saturated rings. The Morgan fingerprint density at radius 3 is 2.50 bits per heavy atom. The van der Waals surface area contributed by atoms with E-state index in [2.05, 4.69) is 0 Å². The molecule has 0 unspecified atom stereocenters. The average molecular weight is 320 g/mol. The molecule has 0 N–H and O–H groups in total. The highest BCUT2D eigenvalue weighted by atomic mass is 35.5. The fraction of sp³-hybridized carbons (Fsp3) is 0.571. The highest BCUT2D eigenvalue weighted by Crippen LogP contribution is 2.09. The molecule has 0 aliphatic rings. The first kappa shape index (κ1) is 17.3. The third-order valence-electron chi connectivity index (χ3n) is 2.89. The van der Waals surface area contributed by atoms with Crippen molar-refractivity contribution >= 4 is 21.6 Å². The molecule has 0 aliphatic carbocycles. The summed E-state index contributed by atoms with van der Waals surface area (Å²) in [4.78, 5) is 0.